The fourth-order valence-corrected chi connectivity index (χ4v) is 7.31. The highest BCUT2D eigenvalue weighted by atomic mass is 16.5. The van der Waals surface area contributed by atoms with E-state index in [1.54, 1.807) is 24.3 Å². The smallest absolute Gasteiger partial charge is 0.337 e. The highest BCUT2D eigenvalue weighted by Gasteiger charge is 2.56. The number of esters is 4. The summed E-state index contributed by atoms with van der Waals surface area (Å²) in [6.07, 6.45) is 5.86. The Balaban J connectivity index is 1.49. The van der Waals surface area contributed by atoms with Crippen LogP contribution in [0.5, 0.6) is 0 Å². The van der Waals surface area contributed by atoms with Crippen LogP contribution in [-0.4, -0.2) is 52.3 Å². The molecule has 4 bridgehead atoms. The quantitative estimate of drug-likeness (QED) is 0.294. The van der Waals surface area contributed by atoms with Crippen molar-refractivity contribution in [2.24, 2.45) is 22.7 Å². The normalized spacial score (nSPS) is 24.8. The minimum atomic E-state index is -0.556. The summed E-state index contributed by atoms with van der Waals surface area (Å²) in [6, 6.07) is 9.42. The van der Waals surface area contributed by atoms with E-state index in [1.165, 1.54) is 40.6 Å². The van der Waals surface area contributed by atoms with Gasteiger partial charge in [-0.2, -0.15) is 0 Å². The molecular weight excluding hydrogens is 536 g/mol. The van der Waals surface area contributed by atoms with Crippen molar-refractivity contribution >= 4 is 23.9 Å². The molecule has 8 heteroatoms. The molecule has 6 rings (SSSR count). The lowest BCUT2D eigenvalue weighted by Gasteiger charge is -2.58. The van der Waals surface area contributed by atoms with Crippen LogP contribution in [0, 0.1) is 46.3 Å². The molecule has 2 aromatic rings. The SMILES string of the molecule is COC(=O)c1cc(C#CC23CC4CC(C2)CC(C#Cc2cc(C(=O)OC)cc(C(=O)OC)c2)(C4)C3)cc(C(=O)OC)c1. The summed E-state index contributed by atoms with van der Waals surface area (Å²) in [7, 11) is 5.15. The van der Waals surface area contributed by atoms with Crippen molar-refractivity contribution in [2.45, 2.75) is 38.5 Å². The van der Waals surface area contributed by atoms with E-state index >= 15 is 0 Å². The Hall–Kier alpha value is -4.56. The Kier molecular flexibility index (Phi) is 7.84. The monoisotopic (exact) mass is 568 g/mol. The van der Waals surface area contributed by atoms with Gasteiger partial charge in [0.05, 0.1) is 50.7 Å². The Morgan fingerprint density at radius 2 is 0.881 bits per heavy atom. The molecule has 4 fully saturated rings. The molecule has 0 radical (unpaired) electrons. The first-order chi connectivity index (χ1) is 20.1. The molecular formula is C34H32O8. The van der Waals surface area contributed by atoms with Crippen molar-refractivity contribution in [2.75, 3.05) is 28.4 Å². The van der Waals surface area contributed by atoms with Crippen LogP contribution in [0.3, 0.4) is 0 Å². The van der Waals surface area contributed by atoms with Gasteiger partial charge in [-0.25, -0.2) is 19.2 Å². The molecule has 0 N–H and O–H groups in total. The number of hydrogen-bond acceptors (Lipinski definition) is 8. The summed E-state index contributed by atoms with van der Waals surface area (Å²) in [6.45, 7) is 0. The summed E-state index contributed by atoms with van der Waals surface area (Å²) < 4.78 is 19.5. The van der Waals surface area contributed by atoms with Gasteiger partial charge in [-0.05, 0) is 86.8 Å². The van der Waals surface area contributed by atoms with Gasteiger partial charge < -0.3 is 18.9 Å². The maximum absolute atomic E-state index is 12.2. The lowest BCUT2D eigenvalue weighted by atomic mass is 9.44. The maximum Gasteiger partial charge on any atom is 0.337 e. The molecule has 4 aliphatic carbocycles. The van der Waals surface area contributed by atoms with Crippen LogP contribution in [0.1, 0.15) is 91.1 Å². The van der Waals surface area contributed by atoms with E-state index in [-0.39, 0.29) is 33.1 Å². The second-order valence-corrected chi connectivity index (χ2v) is 11.6. The number of benzene rings is 2. The molecule has 0 saturated heterocycles. The molecule has 0 atom stereocenters. The number of methoxy groups -OCH3 is 4. The van der Waals surface area contributed by atoms with E-state index in [0.717, 1.165) is 38.5 Å². The molecule has 0 aliphatic heterocycles. The van der Waals surface area contributed by atoms with Gasteiger partial charge in [0.15, 0.2) is 0 Å². The van der Waals surface area contributed by atoms with E-state index in [4.69, 9.17) is 18.9 Å². The Bertz CT molecular complexity index is 1400. The molecule has 0 aromatic heterocycles. The van der Waals surface area contributed by atoms with Gasteiger partial charge in [-0.3, -0.25) is 0 Å². The van der Waals surface area contributed by atoms with Gasteiger partial charge in [0.25, 0.3) is 0 Å². The largest absolute Gasteiger partial charge is 0.465 e. The van der Waals surface area contributed by atoms with E-state index in [9.17, 15) is 19.2 Å². The van der Waals surface area contributed by atoms with Gasteiger partial charge in [0, 0.05) is 22.0 Å². The fraction of sp³-hybridized carbons (Fsp3) is 0.412. The van der Waals surface area contributed by atoms with Crippen LogP contribution in [0.2, 0.25) is 0 Å². The predicted molar refractivity (Wildman–Crippen MR) is 152 cm³/mol. The molecule has 0 unspecified atom stereocenters. The third kappa shape index (κ3) is 5.76. The number of ether oxygens (including phenoxy) is 4. The predicted octanol–water partition coefficient (Wildman–Crippen LogP) is 4.82. The third-order valence-corrected chi connectivity index (χ3v) is 8.56. The van der Waals surface area contributed by atoms with Gasteiger partial charge in [-0.1, -0.05) is 23.7 Å². The van der Waals surface area contributed by atoms with Crippen molar-refractivity contribution in [1.82, 2.24) is 0 Å². The summed E-state index contributed by atoms with van der Waals surface area (Å²) in [5, 5.41) is 0. The topological polar surface area (TPSA) is 105 Å². The highest BCUT2D eigenvalue weighted by Crippen LogP contribution is 2.65. The van der Waals surface area contributed by atoms with E-state index in [1.807, 2.05) is 0 Å². The molecule has 8 nitrogen and oxygen atoms in total. The first-order valence-electron chi connectivity index (χ1n) is 13.8. The summed E-state index contributed by atoms with van der Waals surface area (Å²) in [4.78, 5) is 49.0. The fourth-order valence-electron chi connectivity index (χ4n) is 7.31. The molecule has 2 aromatic carbocycles. The summed E-state index contributed by atoms with van der Waals surface area (Å²) in [5.74, 6) is 12.4. The average Bonchev–Trinajstić information content (AvgIpc) is 3.00. The number of rotatable bonds is 4. The maximum atomic E-state index is 12.2. The Labute approximate surface area is 245 Å². The van der Waals surface area contributed by atoms with Gasteiger partial charge >= 0.3 is 23.9 Å². The summed E-state index contributed by atoms with van der Waals surface area (Å²) in [5.41, 5.74) is 1.55. The Morgan fingerprint density at radius 3 is 1.17 bits per heavy atom. The number of carbonyl (C=O) groups excluding carboxylic acids is 4. The Morgan fingerprint density at radius 1 is 0.571 bits per heavy atom. The minimum absolute atomic E-state index is 0.234. The second-order valence-electron chi connectivity index (χ2n) is 11.6. The van der Waals surface area contributed by atoms with Crippen molar-refractivity contribution in [3.05, 3.63) is 69.8 Å². The average molecular weight is 569 g/mol. The minimum Gasteiger partial charge on any atom is -0.465 e. The van der Waals surface area contributed by atoms with Crippen LogP contribution in [0.15, 0.2) is 36.4 Å². The van der Waals surface area contributed by atoms with Gasteiger partial charge in [0.2, 0.25) is 0 Å². The number of carbonyl (C=O) groups is 4. The second kappa shape index (κ2) is 11.4. The zero-order valence-electron chi connectivity index (χ0n) is 24.1. The molecule has 0 spiro atoms. The number of hydrogen-bond donors (Lipinski definition) is 0. The molecule has 4 saturated carbocycles. The molecule has 4 aliphatic rings. The lowest BCUT2D eigenvalue weighted by molar-refractivity contribution is -0.0523. The first-order valence-corrected chi connectivity index (χ1v) is 13.8. The van der Waals surface area contributed by atoms with E-state index in [2.05, 4.69) is 23.7 Å². The van der Waals surface area contributed by atoms with Crippen LogP contribution < -0.4 is 0 Å². The molecule has 216 valence electrons. The molecule has 0 amide bonds. The van der Waals surface area contributed by atoms with Gasteiger partial charge in [-0.15, -0.1) is 0 Å². The summed E-state index contributed by atoms with van der Waals surface area (Å²) >= 11 is 0. The van der Waals surface area contributed by atoms with Crippen molar-refractivity contribution < 1.29 is 38.1 Å². The van der Waals surface area contributed by atoms with Crippen LogP contribution in [0.25, 0.3) is 0 Å². The lowest BCUT2D eigenvalue weighted by Crippen LogP contribution is -2.50. The molecule has 0 heterocycles. The van der Waals surface area contributed by atoms with Crippen molar-refractivity contribution in [3.63, 3.8) is 0 Å². The van der Waals surface area contributed by atoms with Gasteiger partial charge in [0.1, 0.15) is 0 Å². The van der Waals surface area contributed by atoms with Crippen molar-refractivity contribution in [3.8, 4) is 23.7 Å². The zero-order valence-corrected chi connectivity index (χ0v) is 24.1. The zero-order chi connectivity index (χ0) is 30.1. The first kappa shape index (κ1) is 29.0. The van der Waals surface area contributed by atoms with E-state index < -0.39 is 23.9 Å². The van der Waals surface area contributed by atoms with E-state index in [0.29, 0.717) is 23.0 Å². The highest BCUT2D eigenvalue weighted by molar-refractivity contribution is 5.96. The third-order valence-electron chi connectivity index (χ3n) is 8.56. The van der Waals surface area contributed by atoms with Crippen LogP contribution in [-0.2, 0) is 18.9 Å². The van der Waals surface area contributed by atoms with Crippen LogP contribution in [0.4, 0.5) is 0 Å². The molecule has 42 heavy (non-hydrogen) atoms. The van der Waals surface area contributed by atoms with Crippen LogP contribution >= 0.6 is 0 Å². The standard InChI is InChI=1S/C34H32O8/c1-39-29(35)25-10-21(11-26(14-25)30(36)40-2)5-7-33-16-23-9-24(17-33)19-34(18-23,20-33)8-6-22-12-27(31(37)41-3)15-28(13-22)32(38)42-4/h10-15,23-24H,9,16-20H2,1-4H3. The van der Waals surface area contributed by atoms with Crippen molar-refractivity contribution in [1.29, 1.82) is 0 Å².